The second-order valence-electron chi connectivity index (χ2n) is 8.47. The van der Waals surface area contributed by atoms with E-state index >= 15 is 0 Å². The first-order chi connectivity index (χ1) is 14.7. The number of rotatable bonds is 4. The van der Waals surface area contributed by atoms with Gasteiger partial charge in [-0.25, -0.2) is 9.78 Å². The fourth-order valence-electron chi connectivity index (χ4n) is 4.77. The highest BCUT2D eigenvalue weighted by Crippen LogP contribution is 2.33. The second kappa shape index (κ2) is 8.34. The molecule has 1 aromatic heterocycles. The number of carbonyl (C=O) groups is 1. The molecular weight excluding hydrogens is 372 g/mol. The molecule has 30 heavy (non-hydrogen) atoms. The van der Waals surface area contributed by atoms with E-state index in [1.807, 2.05) is 24.3 Å². The Labute approximate surface area is 177 Å². The van der Waals surface area contributed by atoms with Gasteiger partial charge in [0, 0.05) is 17.1 Å². The molecule has 0 bridgehead atoms. The molecule has 154 valence electrons. The van der Waals surface area contributed by atoms with Gasteiger partial charge in [-0.15, -0.1) is 0 Å². The molecule has 0 radical (unpaired) electrons. The fraction of sp³-hybridized carbons (Fsp3) is 0.360. The van der Waals surface area contributed by atoms with Gasteiger partial charge in [0.2, 0.25) is 0 Å². The van der Waals surface area contributed by atoms with Crippen molar-refractivity contribution in [2.75, 3.05) is 10.6 Å². The molecule has 3 N–H and O–H groups in total. The van der Waals surface area contributed by atoms with Crippen molar-refractivity contribution < 1.29 is 4.79 Å². The van der Waals surface area contributed by atoms with Crippen molar-refractivity contribution in [2.24, 2.45) is 0 Å². The van der Waals surface area contributed by atoms with Crippen LogP contribution in [0, 0.1) is 0 Å². The molecule has 0 aliphatic heterocycles. The largest absolute Gasteiger partial charge is 0.363 e. The zero-order valence-electron chi connectivity index (χ0n) is 17.2. The van der Waals surface area contributed by atoms with Crippen LogP contribution in [0.3, 0.4) is 0 Å². The van der Waals surface area contributed by atoms with Crippen molar-refractivity contribution in [3.63, 3.8) is 0 Å². The van der Waals surface area contributed by atoms with Crippen molar-refractivity contribution in [3.8, 4) is 0 Å². The summed E-state index contributed by atoms with van der Waals surface area (Å²) in [7, 11) is 0. The van der Waals surface area contributed by atoms with Crippen molar-refractivity contribution >= 4 is 28.4 Å². The summed E-state index contributed by atoms with van der Waals surface area (Å²) in [5.74, 6) is 0.889. The minimum Gasteiger partial charge on any atom is -0.363 e. The highest BCUT2D eigenvalue weighted by Gasteiger charge is 2.22. The number of nitrogens with one attached hydrogen (secondary N) is 3. The number of pyridine rings is 1. The van der Waals surface area contributed by atoms with Gasteiger partial charge in [0.05, 0.1) is 11.6 Å². The summed E-state index contributed by atoms with van der Waals surface area (Å²) < 4.78 is 0. The van der Waals surface area contributed by atoms with Crippen LogP contribution >= 0.6 is 0 Å². The van der Waals surface area contributed by atoms with Crippen molar-refractivity contribution in [2.45, 2.75) is 57.0 Å². The molecule has 2 aliphatic rings. The van der Waals surface area contributed by atoms with Crippen LogP contribution in [0.15, 0.2) is 54.6 Å². The average Bonchev–Trinajstić information content (AvgIpc) is 3.17. The van der Waals surface area contributed by atoms with E-state index in [1.165, 1.54) is 30.4 Å². The Morgan fingerprint density at radius 3 is 2.70 bits per heavy atom. The highest BCUT2D eigenvalue weighted by molar-refractivity contribution is 5.93. The summed E-state index contributed by atoms with van der Waals surface area (Å²) in [6.07, 6.45) is 8.05. The van der Waals surface area contributed by atoms with E-state index in [0.717, 1.165) is 48.1 Å². The second-order valence-corrected chi connectivity index (χ2v) is 8.47. The van der Waals surface area contributed by atoms with Crippen LogP contribution in [0.5, 0.6) is 0 Å². The summed E-state index contributed by atoms with van der Waals surface area (Å²) in [4.78, 5) is 17.1. The number of aromatic nitrogens is 1. The van der Waals surface area contributed by atoms with Gasteiger partial charge in [-0.3, -0.25) is 0 Å². The van der Waals surface area contributed by atoms with E-state index in [9.17, 15) is 4.79 Å². The van der Waals surface area contributed by atoms with E-state index in [0.29, 0.717) is 12.1 Å². The first kappa shape index (κ1) is 18.9. The molecule has 1 saturated carbocycles. The zero-order chi connectivity index (χ0) is 20.3. The SMILES string of the molecule is O=C(Nc1ccc2nc(N[C@@H]3CCc4ccccc43)ccc2c1)NC1CCCCC1. The summed E-state index contributed by atoms with van der Waals surface area (Å²) in [5, 5.41) is 10.7. The first-order valence-electron chi connectivity index (χ1n) is 11.1. The molecule has 1 atom stereocenters. The van der Waals surface area contributed by atoms with E-state index < -0.39 is 0 Å². The first-order valence-corrected chi connectivity index (χ1v) is 11.1. The van der Waals surface area contributed by atoms with Crippen LogP contribution in [0.1, 0.15) is 55.7 Å². The third kappa shape index (κ3) is 4.11. The lowest BCUT2D eigenvalue weighted by Crippen LogP contribution is -2.38. The quantitative estimate of drug-likeness (QED) is 0.519. The number of nitrogens with zero attached hydrogens (tertiary/aromatic N) is 1. The number of fused-ring (bicyclic) bond motifs is 2. The zero-order valence-corrected chi connectivity index (χ0v) is 17.2. The number of hydrogen-bond acceptors (Lipinski definition) is 3. The van der Waals surface area contributed by atoms with E-state index in [1.54, 1.807) is 0 Å². The Hall–Kier alpha value is -3.08. The van der Waals surface area contributed by atoms with Crippen LogP contribution in [-0.4, -0.2) is 17.1 Å². The van der Waals surface area contributed by atoms with Crippen molar-refractivity contribution in [1.29, 1.82) is 0 Å². The molecule has 1 heterocycles. The predicted octanol–water partition coefficient (Wildman–Crippen LogP) is 5.79. The Morgan fingerprint density at radius 1 is 0.933 bits per heavy atom. The lowest BCUT2D eigenvalue weighted by molar-refractivity contribution is 0.244. The molecule has 0 spiro atoms. The lowest BCUT2D eigenvalue weighted by atomic mass is 9.96. The molecule has 3 aromatic rings. The summed E-state index contributed by atoms with van der Waals surface area (Å²) >= 11 is 0. The lowest BCUT2D eigenvalue weighted by Gasteiger charge is -2.22. The number of urea groups is 1. The summed E-state index contributed by atoms with van der Waals surface area (Å²) in [6.45, 7) is 0. The smallest absolute Gasteiger partial charge is 0.319 e. The van der Waals surface area contributed by atoms with Crippen LogP contribution < -0.4 is 16.0 Å². The number of hydrogen-bond donors (Lipinski definition) is 3. The fourth-order valence-corrected chi connectivity index (χ4v) is 4.77. The summed E-state index contributed by atoms with van der Waals surface area (Å²) in [6, 6.07) is 19.1. The van der Waals surface area contributed by atoms with Gasteiger partial charge in [0.15, 0.2) is 0 Å². The Morgan fingerprint density at radius 2 is 1.80 bits per heavy atom. The van der Waals surface area contributed by atoms with Gasteiger partial charge in [-0.05, 0) is 67.1 Å². The summed E-state index contributed by atoms with van der Waals surface area (Å²) in [5.41, 5.74) is 4.52. The molecule has 1 fully saturated rings. The number of aryl methyl sites for hydroxylation is 1. The molecule has 0 unspecified atom stereocenters. The van der Waals surface area contributed by atoms with Gasteiger partial charge < -0.3 is 16.0 Å². The minimum atomic E-state index is -0.118. The molecule has 2 amide bonds. The maximum absolute atomic E-state index is 12.3. The molecular formula is C25H28N4O. The van der Waals surface area contributed by atoms with E-state index in [2.05, 4.69) is 46.3 Å². The molecule has 5 nitrogen and oxygen atoms in total. The highest BCUT2D eigenvalue weighted by atomic mass is 16.2. The van der Waals surface area contributed by atoms with Gasteiger partial charge >= 0.3 is 6.03 Å². The number of benzene rings is 2. The van der Waals surface area contributed by atoms with Crippen molar-refractivity contribution in [1.82, 2.24) is 10.3 Å². The van der Waals surface area contributed by atoms with Gasteiger partial charge in [-0.2, -0.15) is 0 Å². The number of amides is 2. The van der Waals surface area contributed by atoms with Crippen molar-refractivity contribution in [3.05, 3.63) is 65.7 Å². The Kier molecular flexibility index (Phi) is 5.26. The topological polar surface area (TPSA) is 66.0 Å². The molecule has 5 rings (SSSR count). The Bertz CT molecular complexity index is 1060. The third-order valence-corrected chi connectivity index (χ3v) is 6.34. The van der Waals surface area contributed by atoms with Crippen LogP contribution in [0.4, 0.5) is 16.3 Å². The average molecular weight is 401 g/mol. The van der Waals surface area contributed by atoms with Gasteiger partial charge in [-0.1, -0.05) is 43.5 Å². The monoisotopic (exact) mass is 400 g/mol. The predicted molar refractivity (Wildman–Crippen MR) is 122 cm³/mol. The molecule has 0 saturated heterocycles. The maximum Gasteiger partial charge on any atom is 0.319 e. The normalized spacial score (nSPS) is 18.7. The maximum atomic E-state index is 12.3. The molecule has 5 heteroatoms. The number of carbonyl (C=O) groups excluding carboxylic acids is 1. The van der Waals surface area contributed by atoms with Gasteiger partial charge in [0.25, 0.3) is 0 Å². The standard InChI is InChI=1S/C25H28N4O/c30-25(26-19-7-2-1-3-8-19)27-20-12-14-22-18(16-20)11-15-24(28-22)29-23-13-10-17-6-4-5-9-21(17)23/h4-6,9,11-12,14-16,19,23H,1-3,7-8,10,13H2,(H,28,29)(H2,26,27,30)/t23-/m1/s1. The van der Waals surface area contributed by atoms with Gasteiger partial charge in [0.1, 0.15) is 5.82 Å². The van der Waals surface area contributed by atoms with Crippen LogP contribution in [0.2, 0.25) is 0 Å². The molecule has 2 aliphatic carbocycles. The number of anilines is 2. The minimum absolute atomic E-state index is 0.118. The Balaban J connectivity index is 1.25. The third-order valence-electron chi connectivity index (χ3n) is 6.34. The van der Waals surface area contributed by atoms with E-state index in [-0.39, 0.29) is 6.03 Å². The van der Waals surface area contributed by atoms with Crippen LogP contribution in [0.25, 0.3) is 10.9 Å². The molecule has 2 aromatic carbocycles. The van der Waals surface area contributed by atoms with E-state index in [4.69, 9.17) is 4.98 Å². The van der Waals surface area contributed by atoms with Crippen LogP contribution in [-0.2, 0) is 6.42 Å².